The van der Waals surface area contributed by atoms with Crippen LogP contribution < -0.4 is 10.1 Å². The lowest BCUT2D eigenvalue weighted by Gasteiger charge is -2.08. The van der Waals surface area contributed by atoms with Crippen LogP contribution in [0.25, 0.3) is 0 Å². The van der Waals surface area contributed by atoms with Crippen LogP contribution >= 0.6 is 0 Å². The number of nitrogens with one attached hydrogen (secondary N) is 1. The summed E-state index contributed by atoms with van der Waals surface area (Å²) >= 11 is 0. The first-order valence-electron chi connectivity index (χ1n) is 6.38. The quantitative estimate of drug-likeness (QED) is 0.939. The molecule has 0 atom stereocenters. The lowest BCUT2D eigenvalue weighted by Crippen LogP contribution is -2.23. The third-order valence-electron chi connectivity index (χ3n) is 3.11. The van der Waals surface area contributed by atoms with Crippen molar-refractivity contribution in [2.24, 2.45) is 0 Å². The van der Waals surface area contributed by atoms with Gasteiger partial charge < -0.3 is 10.1 Å². The molecule has 21 heavy (non-hydrogen) atoms. The first-order chi connectivity index (χ1) is 10.0. The monoisotopic (exact) mass is 291 g/mol. The SMILES string of the molecule is COc1ccc(C(=O)NCc2ccc(C)c(F)c2)c(F)c1. The van der Waals surface area contributed by atoms with Crippen LogP contribution in [-0.2, 0) is 6.54 Å². The molecule has 0 spiro atoms. The highest BCUT2D eigenvalue weighted by Gasteiger charge is 2.12. The molecule has 2 aromatic rings. The standard InChI is InChI=1S/C16H15F2NO2/c1-10-3-4-11(7-14(10)17)9-19-16(20)13-6-5-12(21-2)8-15(13)18/h3-8H,9H2,1-2H3,(H,19,20). The molecule has 2 rings (SSSR count). The molecular weight excluding hydrogens is 276 g/mol. The zero-order chi connectivity index (χ0) is 15.4. The molecule has 0 aliphatic heterocycles. The van der Waals surface area contributed by atoms with Crippen molar-refractivity contribution in [2.45, 2.75) is 13.5 Å². The van der Waals surface area contributed by atoms with Gasteiger partial charge in [-0.25, -0.2) is 8.78 Å². The van der Waals surface area contributed by atoms with Gasteiger partial charge >= 0.3 is 0 Å². The minimum Gasteiger partial charge on any atom is -0.497 e. The Hall–Kier alpha value is -2.43. The fraction of sp³-hybridized carbons (Fsp3) is 0.188. The van der Waals surface area contributed by atoms with E-state index in [1.807, 2.05) is 0 Å². The van der Waals surface area contributed by atoms with Gasteiger partial charge in [0.05, 0.1) is 12.7 Å². The number of methoxy groups -OCH3 is 1. The topological polar surface area (TPSA) is 38.3 Å². The predicted molar refractivity (Wildman–Crippen MR) is 75.3 cm³/mol. The maximum Gasteiger partial charge on any atom is 0.254 e. The number of aryl methyl sites for hydroxylation is 1. The Kier molecular flexibility index (Phi) is 4.52. The molecule has 0 bridgehead atoms. The van der Waals surface area contributed by atoms with Crippen molar-refractivity contribution in [3.05, 3.63) is 64.7 Å². The number of carbonyl (C=O) groups excluding carboxylic acids is 1. The van der Waals surface area contributed by atoms with E-state index in [4.69, 9.17) is 4.74 Å². The maximum atomic E-state index is 13.7. The largest absolute Gasteiger partial charge is 0.497 e. The number of halogens is 2. The summed E-state index contributed by atoms with van der Waals surface area (Å²) in [6, 6.07) is 8.68. The molecule has 110 valence electrons. The van der Waals surface area contributed by atoms with Crippen LogP contribution in [0.4, 0.5) is 8.78 Å². The van der Waals surface area contributed by atoms with Crippen molar-refractivity contribution in [3.63, 3.8) is 0 Å². The normalized spacial score (nSPS) is 10.3. The minimum absolute atomic E-state index is 0.0802. The van der Waals surface area contributed by atoms with E-state index in [1.54, 1.807) is 19.1 Å². The summed E-state index contributed by atoms with van der Waals surface area (Å²) in [5.41, 5.74) is 1.06. The van der Waals surface area contributed by atoms with Crippen molar-refractivity contribution in [1.29, 1.82) is 0 Å². The van der Waals surface area contributed by atoms with Crippen LogP contribution in [0, 0.1) is 18.6 Å². The number of carbonyl (C=O) groups is 1. The van der Waals surface area contributed by atoms with Crippen LogP contribution in [0.1, 0.15) is 21.5 Å². The van der Waals surface area contributed by atoms with Crippen molar-refractivity contribution in [1.82, 2.24) is 5.32 Å². The second-order valence-corrected chi connectivity index (χ2v) is 4.61. The third kappa shape index (κ3) is 3.56. The number of ether oxygens (including phenoxy) is 1. The Bertz CT molecular complexity index is 671. The van der Waals surface area contributed by atoms with Crippen molar-refractivity contribution in [2.75, 3.05) is 7.11 Å². The molecule has 5 heteroatoms. The fourth-order valence-electron chi connectivity index (χ4n) is 1.83. The van der Waals surface area contributed by atoms with Gasteiger partial charge in [-0.3, -0.25) is 4.79 Å². The summed E-state index contributed by atoms with van der Waals surface area (Å²) in [5, 5.41) is 2.55. The van der Waals surface area contributed by atoms with Gasteiger partial charge in [0.15, 0.2) is 0 Å². The molecule has 0 saturated carbocycles. The lowest BCUT2D eigenvalue weighted by molar-refractivity contribution is 0.0946. The van der Waals surface area contributed by atoms with E-state index in [2.05, 4.69) is 5.32 Å². The van der Waals surface area contributed by atoms with Crippen molar-refractivity contribution in [3.8, 4) is 5.75 Å². The highest BCUT2D eigenvalue weighted by molar-refractivity contribution is 5.94. The van der Waals surface area contributed by atoms with Crippen LogP contribution in [0.2, 0.25) is 0 Å². The summed E-state index contributed by atoms with van der Waals surface area (Å²) in [5.74, 6) is -1.22. The van der Waals surface area contributed by atoms with Gasteiger partial charge in [0.1, 0.15) is 17.4 Å². The van der Waals surface area contributed by atoms with Crippen LogP contribution in [0.3, 0.4) is 0 Å². The summed E-state index contributed by atoms with van der Waals surface area (Å²) in [4.78, 5) is 11.9. The van der Waals surface area contributed by atoms with Gasteiger partial charge in [-0.05, 0) is 36.2 Å². The number of rotatable bonds is 4. The van der Waals surface area contributed by atoms with Crippen LogP contribution in [0.5, 0.6) is 5.75 Å². The number of hydrogen-bond donors (Lipinski definition) is 1. The second-order valence-electron chi connectivity index (χ2n) is 4.61. The van der Waals surface area contributed by atoms with E-state index in [9.17, 15) is 13.6 Å². The van der Waals surface area contributed by atoms with E-state index in [0.29, 0.717) is 16.9 Å². The summed E-state index contributed by atoms with van der Waals surface area (Å²) in [7, 11) is 1.42. The molecule has 0 unspecified atom stereocenters. The Labute approximate surface area is 121 Å². The maximum absolute atomic E-state index is 13.7. The van der Waals surface area contributed by atoms with Gasteiger partial charge in [0, 0.05) is 12.6 Å². The fourth-order valence-corrected chi connectivity index (χ4v) is 1.83. The molecule has 2 aromatic carbocycles. The van der Waals surface area contributed by atoms with Gasteiger partial charge in [0.2, 0.25) is 0 Å². The zero-order valence-corrected chi connectivity index (χ0v) is 11.7. The Balaban J connectivity index is 2.06. The molecule has 0 aliphatic carbocycles. The molecule has 0 aromatic heterocycles. The van der Waals surface area contributed by atoms with E-state index >= 15 is 0 Å². The minimum atomic E-state index is -0.665. The molecular formula is C16H15F2NO2. The van der Waals surface area contributed by atoms with Crippen LogP contribution in [0.15, 0.2) is 36.4 Å². The zero-order valence-electron chi connectivity index (χ0n) is 11.7. The molecule has 0 radical (unpaired) electrons. The first-order valence-corrected chi connectivity index (χ1v) is 6.38. The molecule has 3 nitrogen and oxygen atoms in total. The molecule has 0 fully saturated rings. The van der Waals surface area contributed by atoms with E-state index < -0.39 is 11.7 Å². The van der Waals surface area contributed by atoms with Gasteiger partial charge in [-0.2, -0.15) is 0 Å². The summed E-state index contributed by atoms with van der Waals surface area (Å²) in [6.07, 6.45) is 0. The molecule has 1 amide bonds. The average molecular weight is 291 g/mol. The number of hydrogen-bond acceptors (Lipinski definition) is 2. The molecule has 0 heterocycles. The Morgan fingerprint density at radius 1 is 1.14 bits per heavy atom. The molecule has 0 aliphatic rings. The highest BCUT2D eigenvalue weighted by Crippen LogP contribution is 2.16. The number of amides is 1. The molecule has 1 N–H and O–H groups in total. The van der Waals surface area contributed by atoms with E-state index in [1.165, 1.54) is 25.3 Å². The lowest BCUT2D eigenvalue weighted by atomic mass is 10.1. The molecule has 0 saturated heterocycles. The van der Waals surface area contributed by atoms with E-state index in [-0.39, 0.29) is 17.9 Å². The highest BCUT2D eigenvalue weighted by atomic mass is 19.1. The smallest absolute Gasteiger partial charge is 0.254 e. The Morgan fingerprint density at radius 3 is 2.52 bits per heavy atom. The summed E-state index contributed by atoms with van der Waals surface area (Å²) < 4.78 is 32.0. The van der Waals surface area contributed by atoms with Crippen LogP contribution in [-0.4, -0.2) is 13.0 Å². The Morgan fingerprint density at radius 2 is 1.90 bits per heavy atom. The number of benzene rings is 2. The van der Waals surface area contributed by atoms with Gasteiger partial charge in [0.25, 0.3) is 5.91 Å². The third-order valence-corrected chi connectivity index (χ3v) is 3.11. The summed E-state index contributed by atoms with van der Waals surface area (Å²) in [6.45, 7) is 1.78. The van der Waals surface area contributed by atoms with Gasteiger partial charge in [-0.15, -0.1) is 0 Å². The predicted octanol–water partition coefficient (Wildman–Crippen LogP) is 3.21. The first kappa shape index (κ1) is 15.0. The van der Waals surface area contributed by atoms with Crippen molar-refractivity contribution >= 4 is 5.91 Å². The van der Waals surface area contributed by atoms with E-state index in [0.717, 1.165) is 6.07 Å². The van der Waals surface area contributed by atoms with Gasteiger partial charge in [-0.1, -0.05) is 12.1 Å². The second kappa shape index (κ2) is 6.35. The average Bonchev–Trinajstić information content (AvgIpc) is 2.48. The van der Waals surface area contributed by atoms with Crippen molar-refractivity contribution < 1.29 is 18.3 Å².